The van der Waals surface area contributed by atoms with Gasteiger partial charge in [-0.1, -0.05) is 68.9 Å². The van der Waals surface area contributed by atoms with Crippen LogP contribution in [0.25, 0.3) is 0 Å². The summed E-state index contributed by atoms with van der Waals surface area (Å²) in [5.41, 5.74) is 0.739. The molecule has 8 heteroatoms. The lowest BCUT2D eigenvalue weighted by Crippen LogP contribution is -2.42. The molecule has 1 aromatic carbocycles. The van der Waals surface area contributed by atoms with Gasteiger partial charge < -0.3 is 25.6 Å². The topological polar surface area (TPSA) is 125 Å². The van der Waals surface area contributed by atoms with E-state index in [0.717, 1.165) is 17.6 Å². The zero-order valence-corrected chi connectivity index (χ0v) is 18.6. The number of amides is 1. The molecule has 4 N–H and O–H groups in total. The van der Waals surface area contributed by atoms with E-state index < -0.39 is 30.5 Å². The van der Waals surface area contributed by atoms with Gasteiger partial charge in [0.05, 0.1) is 6.42 Å². The summed E-state index contributed by atoms with van der Waals surface area (Å²) < 4.78 is 4.78. The van der Waals surface area contributed by atoms with E-state index in [1.54, 1.807) is 30.3 Å². The predicted molar refractivity (Wildman–Crippen MR) is 120 cm³/mol. The molecule has 1 amide bonds. The SMILES string of the molecule is C1CCC(NC2CCCCC2)CC1.O=C(O)C[C@H](NC(=O)OCc1ccccc1)C(=O)O. The number of hydrogen-bond donors (Lipinski definition) is 4. The molecular weight excluding hydrogens is 412 g/mol. The maximum Gasteiger partial charge on any atom is 0.408 e. The van der Waals surface area contributed by atoms with E-state index >= 15 is 0 Å². The molecule has 8 nitrogen and oxygen atoms in total. The van der Waals surface area contributed by atoms with Gasteiger partial charge in [-0.3, -0.25) is 4.79 Å². The maximum atomic E-state index is 11.3. The average Bonchev–Trinajstić information content (AvgIpc) is 2.79. The molecule has 178 valence electrons. The van der Waals surface area contributed by atoms with Gasteiger partial charge in [-0.2, -0.15) is 0 Å². The van der Waals surface area contributed by atoms with Gasteiger partial charge in [0.1, 0.15) is 12.6 Å². The minimum atomic E-state index is -1.51. The number of alkyl carbamates (subject to hydrolysis) is 1. The van der Waals surface area contributed by atoms with Crippen LogP contribution in [0.1, 0.15) is 76.2 Å². The van der Waals surface area contributed by atoms with Crippen molar-refractivity contribution in [2.45, 2.75) is 95.4 Å². The highest BCUT2D eigenvalue weighted by atomic mass is 16.5. The van der Waals surface area contributed by atoms with Crippen LogP contribution < -0.4 is 10.6 Å². The first-order chi connectivity index (χ1) is 15.4. The molecule has 0 saturated heterocycles. The van der Waals surface area contributed by atoms with Crippen LogP contribution in [0.4, 0.5) is 4.79 Å². The Bertz CT molecular complexity index is 684. The summed E-state index contributed by atoms with van der Waals surface area (Å²) in [5.74, 6) is -2.75. The second kappa shape index (κ2) is 14.5. The van der Waals surface area contributed by atoms with Crippen LogP contribution in [0.3, 0.4) is 0 Å². The fourth-order valence-electron chi connectivity index (χ4n) is 4.15. The van der Waals surface area contributed by atoms with Crippen molar-refractivity contribution in [3.8, 4) is 0 Å². The number of carbonyl (C=O) groups is 3. The normalized spacial score (nSPS) is 18.0. The molecule has 0 aliphatic heterocycles. The van der Waals surface area contributed by atoms with Crippen molar-refractivity contribution in [3.63, 3.8) is 0 Å². The molecule has 3 rings (SSSR count). The van der Waals surface area contributed by atoms with Crippen LogP contribution in [0.2, 0.25) is 0 Å². The van der Waals surface area contributed by atoms with E-state index in [1.165, 1.54) is 64.2 Å². The third kappa shape index (κ3) is 10.6. The molecule has 2 saturated carbocycles. The average molecular weight is 449 g/mol. The van der Waals surface area contributed by atoms with Gasteiger partial charge in [-0.05, 0) is 31.2 Å². The maximum absolute atomic E-state index is 11.3. The molecule has 0 aromatic heterocycles. The number of carboxylic acids is 2. The zero-order valence-electron chi connectivity index (χ0n) is 18.6. The van der Waals surface area contributed by atoms with E-state index in [2.05, 4.69) is 5.32 Å². The summed E-state index contributed by atoms with van der Waals surface area (Å²) in [7, 11) is 0. The van der Waals surface area contributed by atoms with Gasteiger partial charge >= 0.3 is 18.0 Å². The highest BCUT2D eigenvalue weighted by Gasteiger charge is 2.23. The lowest BCUT2D eigenvalue weighted by atomic mass is 9.91. The fourth-order valence-corrected chi connectivity index (χ4v) is 4.15. The van der Waals surface area contributed by atoms with Crippen LogP contribution >= 0.6 is 0 Å². The zero-order chi connectivity index (χ0) is 23.2. The third-order valence-corrected chi connectivity index (χ3v) is 5.86. The summed E-state index contributed by atoms with van der Waals surface area (Å²) in [5, 5.41) is 23.1. The Labute approximate surface area is 189 Å². The molecule has 0 bridgehead atoms. The molecule has 0 spiro atoms. The van der Waals surface area contributed by atoms with E-state index in [9.17, 15) is 14.4 Å². The van der Waals surface area contributed by atoms with Crippen LogP contribution in [-0.2, 0) is 20.9 Å². The Morgan fingerprint density at radius 1 is 0.875 bits per heavy atom. The highest BCUT2D eigenvalue weighted by Crippen LogP contribution is 2.22. The lowest BCUT2D eigenvalue weighted by molar-refractivity contribution is -0.145. The van der Waals surface area contributed by atoms with E-state index in [1.807, 2.05) is 5.32 Å². The first kappa shape index (κ1) is 25.6. The highest BCUT2D eigenvalue weighted by molar-refractivity contribution is 5.84. The smallest absolute Gasteiger partial charge is 0.408 e. The van der Waals surface area contributed by atoms with E-state index in [-0.39, 0.29) is 6.61 Å². The predicted octanol–water partition coefficient (Wildman–Crippen LogP) is 4.08. The molecule has 1 atom stereocenters. The van der Waals surface area contributed by atoms with Crippen molar-refractivity contribution in [1.82, 2.24) is 10.6 Å². The number of ether oxygens (including phenoxy) is 1. The number of carbonyl (C=O) groups excluding carboxylic acids is 1. The Kier molecular flexibility index (Phi) is 11.6. The van der Waals surface area contributed by atoms with Crippen molar-refractivity contribution in [3.05, 3.63) is 35.9 Å². The van der Waals surface area contributed by atoms with Crippen molar-refractivity contribution < 1.29 is 29.3 Å². The Morgan fingerprint density at radius 2 is 1.41 bits per heavy atom. The summed E-state index contributed by atoms with van der Waals surface area (Å²) in [6.07, 6.45) is 12.9. The van der Waals surface area contributed by atoms with Gasteiger partial charge in [-0.15, -0.1) is 0 Å². The van der Waals surface area contributed by atoms with Gasteiger partial charge in [0.2, 0.25) is 0 Å². The van der Waals surface area contributed by atoms with Crippen LogP contribution in [0, 0.1) is 0 Å². The van der Waals surface area contributed by atoms with Crippen molar-refractivity contribution >= 4 is 18.0 Å². The number of aliphatic carboxylic acids is 2. The number of rotatable bonds is 8. The quantitative estimate of drug-likeness (QED) is 0.472. The molecule has 1 aromatic rings. The summed E-state index contributed by atoms with van der Waals surface area (Å²) in [4.78, 5) is 32.5. The Morgan fingerprint density at radius 3 is 1.88 bits per heavy atom. The standard InChI is InChI=1S/C12H13NO6.C12H23N/c14-10(15)6-9(11(16)17)13-12(18)19-7-8-4-2-1-3-5-8;1-3-7-11(8-4-1)13-12-9-5-2-6-10-12/h1-5,9H,6-7H2,(H,13,18)(H,14,15)(H,16,17);11-13H,1-10H2/t9-;/m0./s1. The Balaban J connectivity index is 0.000000242. The molecule has 0 heterocycles. The largest absolute Gasteiger partial charge is 0.481 e. The summed E-state index contributed by atoms with van der Waals surface area (Å²) in [6, 6.07) is 9.03. The first-order valence-electron chi connectivity index (χ1n) is 11.6. The van der Waals surface area contributed by atoms with Crippen LogP contribution in [-0.4, -0.2) is 46.4 Å². The van der Waals surface area contributed by atoms with Crippen molar-refractivity contribution in [2.24, 2.45) is 0 Å². The first-order valence-corrected chi connectivity index (χ1v) is 11.6. The molecule has 2 fully saturated rings. The van der Waals surface area contributed by atoms with Gasteiger partial charge in [0, 0.05) is 12.1 Å². The number of carboxylic acid groups (broad SMARTS) is 2. The Hall–Kier alpha value is -2.61. The van der Waals surface area contributed by atoms with E-state index in [4.69, 9.17) is 14.9 Å². The van der Waals surface area contributed by atoms with Crippen molar-refractivity contribution in [1.29, 1.82) is 0 Å². The number of benzene rings is 1. The van der Waals surface area contributed by atoms with Gasteiger partial charge in [0.25, 0.3) is 0 Å². The number of hydrogen-bond acceptors (Lipinski definition) is 5. The molecule has 32 heavy (non-hydrogen) atoms. The monoisotopic (exact) mass is 448 g/mol. The molecule has 2 aliphatic carbocycles. The minimum absolute atomic E-state index is 0.0217. The number of nitrogens with one attached hydrogen (secondary N) is 2. The summed E-state index contributed by atoms with van der Waals surface area (Å²) in [6.45, 7) is -0.0217. The molecule has 0 radical (unpaired) electrons. The second-order valence-corrected chi connectivity index (χ2v) is 8.53. The van der Waals surface area contributed by atoms with Crippen LogP contribution in [0.5, 0.6) is 0 Å². The minimum Gasteiger partial charge on any atom is -0.481 e. The van der Waals surface area contributed by atoms with Gasteiger partial charge in [-0.25, -0.2) is 9.59 Å². The summed E-state index contributed by atoms with van der Waals surface area (Å²) >= 11 is 0. The van der Waals surface area contributed by atoms with Crippen LogP contribution in [0.15, 0.2) is 30.3 Å². The van der Waals surface area contributed by atoms with Crippen molar-refractivity contribution in [2.75, 3.05) is 0 Å². The molecular formula is C24H36N2O6. The molecule has 2 aliphatic rings. The lowest BCUT2D eigenvalue weighted by Gasteiger charge is -2.30. The molecule has 0 unspecified atom stereocenters. The van der Waals surface area contributed by atoms with E-state index in [0.29, 0.717) is 0 Å². The fraction of sp³-hybridized carbons (Fsp3) is 0.625. The van der Waals surface area contributed by atoms with Gasteiger partial charge in [0.15, 0.2) is 0 Å². The third-order valence-electron chi connectivity index (χ3n) is 5.86. The second-order valence-electron chi connectivity index (χ2n) is 8.53.